The highest BCUT2D eigenvalue weighted by Gasteiger charge is 2.09. The van der Waals surface area contributed by atoms with Gasteiger partial charge >= 0.3 is 0 Å². The zero-order chi connectivity index (χ0) is 9.84. The van der Waals surface area contributed by atoms with Crippen LogP contribution in [0.4, 0.5) is 5.69 Å². The molecule has 0 aliphatic heterocycles. The molecule has 0 aliphatic carbocycles. The first-order chi connectivity index (χ1) is 6.15. The van der Waals surface area contributed by atoms with Crippen molar-refractivity contribution >= 4 is 5.69 Å². The Labute approximate surface area is 74.4 Å². The van der Waals surface area contributed by atoms with Crippen LogP contribution in [0.25, 0.3) is 0 Å². The monoisotopic (exact) mass is 183 g/mol. The number of hydrogen-bond donors (Lipinski definition) is 1. The first-order valence-electron chi connectivity index (χ1n) is 3.61. The molecule has 0 amide bonds. The van der Waals surface area contributed by atoms with Crippen molar-refractivity contribution < 1.29 is 9.76 Å². The standard InChI is InChI=1S/C7H9N3O3/c1-5(13-8)7-3-2-6(4-9-7)10(11)12/h2-5H,8H2,1H3. The van der Waals surface area contributed by atoms with Gasteiger partial charge in [0.25, 0.3) is 5.69 Å². The molecule has 1 atom stereocenters. The molecule has 0 saturated heterocycles. The molecule has 70 valence electrons. The van der Waals surface area contributed by atoms with Crippen LogP contribution in [-0.2, 0) is 4.84 Å². The second kappa shape index (κ2) is 3.92. The van der Waals surface area contributed by atoms with E-state index < -0.39 is 4.92 Å². The van der Waals surface area contributed by atoms with Crippen LogP contribution in [-0.4, -0.2) is 9.91 Å². The zero-order valence-electron chi connectivity index (χ0n) is 7.01. The fourth-order valence-corrected chi connectivity index (χ4v) is 0.816. The SMILES string of the molecule is CC(ON)c1ccc([N+](=O)[O-])cn1. The van der Waals surface area contributed by atoms with Gasteiger partial charge < -0.3 is 0 Å². The van der Waals surface area contributed by atoms with Crippen LogP contribution in [0, 0.1) is 10.1 Å². The summed E-state index contributed by atoms with van der Waals surface area (Å²) < 4.78 is 0. The molecule has 6 heteroatoms. The Morgan fingerprint density at radius 3 is 2.77 bits per heavy atom. The van der Waals surface area contributed by atoms with E-state index in [1.54, 1.807) is 6.92 Å². The number of rotatable bonds is 3. The molecule has 1 aromatic rings. The summed E-state index contributed by atoms with van der Waals surface area (Å²) >= 11 is 0. The fourth-order valence-electron chi connectivity index (χ4n) is 0.816. The van der Waals surface area contributed by atoms with Crippen LogP contribution >= 0.6 is 0 Å². The van der Waals surface area contributed by atoms with Crippen molar-refractivity contribution in [1.82, 2.24) is 4.98 Å². The Bertz CT molecular complexity index is 298. The lowest BCUT2D eigenvalue weighted by Crippen LogP contribution is -2.07. The third kappa shape index (κ3) is 2.20. The Balaban J connectivity index is 2.87. The van der Waals surface area contributed by atoms with Crippen LogP contribution in [0.5, 0.6) is 0 Å². The lowest BCUT2D eigenvalue weighted by Gasteiger charge is -2.06. The highest BCUT2D eigenvalue weighted by atomic mass is 16.6. The van der Waals surface area contributed by atoms with Crippen LogP contribution in [0.2, 0.25) is 0 Å². The van der Waals surface area contributed by atoms with Gasteiger partial charge in [-0.2, -0.15) is 0 Å². The smallest absolute Gasteiger partial charge is 0.287 e. The van der Waals surface area contributed by atoms with Gasteiger partial charge in [0.05, 0.1) is 10.6 Å². The summed E-state index contributed by atoms with van der Waals surface area (Å²) in [6.07, 6.45) is 0.811. The molecule has 6 nitrogen and oxygen atoms in total. The maximum Gasteiger partial charge on any atom is 0.287 e. The van der Waals surface area contributed by atoms with Gasteiger partial charge in [0.1, 0.15) is 12.3 Å². The minimum Gasteiger partial charge on any atom is -0.295 e. The molecule has 1 rings (SSSR count). The molecule has 0 bridgehead atoms. The van der Waals surface area contributed by atoms with Gasteiger partial charge in [-0.3, -0.25) is 19.9 Å². The normalized spacial score (nSPS) is 12.5. The highest BCUT2D eigenvalue weighted by Crippen LogP contribution is 2.15. The molecule has 2 N–H and O–H groups in total. The van der Waals surface area contributed by atoms with Crippen molar-refractivity contribution in [3.63, 3.8) is 0 Å². The van der Waals surface area contributed by atoms with E-state index in [1.165, 1.54) is 18.3 Å². The first-order valence-corrected chi connectivity index (χ1v) is 3.61. The Hall–Kier alpha value is -1.53. The number of nitrogens with two attached hydrogens (primary N) is 1. The second-order valence-corrected chi connectivity index (χ2v) is 2.48. The van der Waals surface area contributed by atoms with Crippen molar-refractivity contribution in [2.45, 2.75) is 13.0 Å². The quantitative estimate of drug-likeness (QED) is 0.556. The summed E-state index contributed by atoms with van der Waals surface area (Å²) in [6, 6.07) is 2.87. The average molecular weight is 183 g/mol. The second-order valence-electron chi connectivity index (χ2n) is 2.48. The van der Waals surface area contributed by atoms with E-state index in [9.17, 15) is 10.1 Å². The van der Waals surface area contributed by atoms with E-state index in [0.29, 0.717) is 5.69 Å². The molecule has 0 aliphatic rings. The lowest BCUT2D eigenvalue weighted by atomic mass is 10.2. The zero-order valence-corrected chi connectivity index (χ0v) is 7.01. The van der Waals surface area contributed by atoms with Crippen molar-refractivity contribution in [2.24, 2.45) is 5.90 Å². The summed E-state index contributed by atoms with van der Waals surface area (Å²) in [6.45, 7) is 1.70. The highest BCUT2D eigenvalue weighted by molar-refractivity contribution is 5.27. The fraction of sp³-hybridized carbons (Fsp3) is 0.286. The topological polar surface area (TPSA) is 91.3 Å². The van der Waals surface area contributed by atoms with Crippen molar-refractivity contribution in [1.29, 1.82) is 0 Å². The van der Waals surface area contributed by atoms with Gasteiger partial charge in [0.15, 0.2) is 0 Å². The molecular weight excluding hydrogens is 174 g/mol. The van der Waals surface area contributed by atoms with Gasteiger partial charge in [0, 0.05) is 6.07 Å². The third-order valence-corrected chi connectivity index (χ3v) is 1.60. The van der Waals surface area contributed by atoms with Crippen molar-refractivity contribution in [2.75, 3.05) is 0 Å². The maximum atomic E-state index is 10.3. The number of hydrogen-bond acceptors (Lipinski definition) is 5. The Morgan fingerprint density at radius 2 is 2.38 bits per heavy atom. The molecule has 0 radical (unpaired) electrons. The van der Waals surface area contributed by atoms with Gasteiger partial charge in [-0.1, -0.05) is 0 Å². The molecule has 1 unspecified atom stereocenters. The summed E-state index contributed by atoms with van der Waals surface area (Å²) in [5.41, 5.74) is 0.515. The van der Waals surface area contributed by atoms with E-state index in [4.69, 9.17) is 5.90 Å². The lowest BCUT2D eigenvalue weighted by molar-refractivity contribution is -0.385. The van der Waals surface area contributed by atoms with E-state index >= 15 is 0 Å². The number of pyridine rings is 1. The predicted molar refractivity (Wildman–Crippen MR) is 44.6 cm³/mol. The van der Waals surface area contributed by atoms with E-state index in [1.807, 2.05) is 0 Å². The van der Waals surface area contributed by atoms with Gasteiger partial charge in [-0.05, 0) is 13.0 Å². The molecule has 0 fully saturated rings. The average Bonchev–Trinajstić information content (AvgIpc) is 2.17. The molecule has 0 saturated carbocycles. The predicted octanol–water partition coefficient (Wildman–Crippen LogP) is 0.941. The molecule has 13 heavy (non-hydrogen) atoms. The summed E-state index contributed by atoms with van der Waals surface area (Å²) in [5.74, 6) is 4.93. The number of nitrogens with zero attached hydrogens (tertiary/aromatic N) is 2. The van der Waals surface area contributed by atoms with Gasteiger partial charge in [0.2, 0.25) is 0 Å². The van der Waals surface area contributed by atoms with Crippen LogP contribution in [0.15, 0.2) is 18.3 Å². The largest absolute Gasteiger partial charge is 0.295 e. The minimum absolute atomic E-state index is 0.0482. The van der Waals surface area contributed by atoms with E-state index in [2.05, 4.69) is 9.82 Å². The molecule has 0 spiro atoms. The van der Waals surface area contributed by atoms with E-state index in [0.717, 1.165) is 0 Å². The van der Waals surface area contributed by atoms with Crippen LogP contribution in [0.1, 0.15) is 18.7 Å². The Kier molecular flexibility index (Phi) is 2.88. The van der Waals surface area contributed by atoms with Gasteiger partial charge in [-0.15, -0.1) is 0 Å². The minimum atomic E-state index is -0.509. The van der Waals surface area contributed by atoms with Crippen LogP contribution < -0.4 is 5.90 Å². The number of aromatic nitrogens is 1. The third-order valence-electron chi connectivity index (χ3n) is 1.60. The maximum absolute atomic E-state index is 10.3. The van der Waals surface area contributed by atoms with Crippen molar-refractivity contribution in [3.8, 4) is 0 Å². The molecule has 1 aromatic heterocycles. The molecule has 1 heterocycles. The molecule has 0 aromatic carbocycles. The summed E-state index contributed by atoms with van der Waals surface area (Å²) in [7, 11) is 0. The Morgan fingerprint density at radius 1 is 1.69 bits per heavy atom. The number of nitro groups is 1. The van der Waals surface area contributed by atoms with Gasteiger partial charge in [-0.25, -0.2) is 5.90 Å². The van der Waals surface area contributed by atoms with Crippen molar-refractivity contribution in [3.05, 3.63) is 34.1 Å². The summed E-state index contributed by atoms with van der Waals surface area (Å²) in [5, 5.41) is 10.3. The van der Waals surface area contributed by atoms with Crippen LogP contribution in [0.3, 0.4) is 0 Å². The van der Waals surface area contributed by atoms with E-state index in [-0.39, 0.29) is 11.8 Å². The molecular formula is C7H9N3O3. The summed E-state index contributed by atoms with van der Waals surface area (Å²) in [4.78, 5) is 18.1. The first kappa shape index (κ1) is 9.56.